The van der Waals surface area contributed by atoms with Crippen LogP contribution < -0.4 is 0 Å². The van der Waals surface area contributed by atoms with E-state index in [1.807, 2.05) is 48.5 Å². The van der Waals surface area contributed by atoms with Gasteiger partial charge in [-0.2, -0.15) is 0 Å². The number of para-hydroxylation sites is 3. The van der Waals surface area contributed by atoms with E-state index in [1.54, 1.807) is 0 Å². The van der Waals surface area contributed by atoms with Gasteiger partial charge < -0.3 is 8.98 Å². The molecule has 54 heavy (non-hydrogen) atoms. The van der Waals surface area contributed by atoms with Crippen molar-refractivity contribution < 1.29 is 4.42 Å². The Labute approximate surface area is 310 Å². The van der Waals surface area contributed by atoms with E-state index >= 15 is 0 Å². The van der Waals surface area contributed by atoms with Gasteiger partial charge in [0.1, 0.15) is 11.2 Å². The molecule has 0 atom stereocenters. The Morgan fingerprint density at radius 3 is 1.78 bits per heavy atom. The average Bonchev–Trinajstić information content (AvgIpc) is 3.80. The number of hydrogen-bond donors (Lipinski definition) is 0. The molecule has 252 valence electrons. The molecule has 0 saturated heterocycles. The number of hydrogen-bond acceptors (Lipinski definition) is 4. The SMILES string of the molecule is c1ccc(-c2nc(-c3ccc(-c4cccc5ccc6c7ccccc7oc6c45)cc3)nc(-c3ccc4c5ccccc5n(-c5ccccc5)c4c3)n2)cc1. The Bertz CT molecular complexity index is 3200. The van der Waals surface area contributed by atoms with Crippen LogP contribution in [0.1, 0.15) is 0 Å². The van der Waals surface area contributed by atoms with Crippen LogP contribution in [0, 0.1) is 0 Å². The first-order valence-electron chi connectivity index (χ1n) is 18.1. The summed E-state index contributed by atoms with van der Waals surface area (Å²) in [5.74, 6) is 1.87. The highest BCUT2D eigenvalue weighted by molar-refractivity contribution is 6.19. The Morgan fingerprint density at radius 2 is 0.981 bits per heavy atom. The predicted molar refractivity (Wildman–Crippen MR) is 221 cm³/mol. The zero-order valence-electron chi connectivity index (χ0n) is 29.0. The van der Waals surface area contributed by atoms with Crippen molar-refractivity contribution in [3.8, 4) is 51.0 Å². The highest BCUT2D eigenvalue weighted by atomic mass is 16.3. The lowest BCUT2D eigenvalue weighted by molar-refractivity contribution is 0.673. The van der Waals surface area contributed by atoms with E-state index < -0.39 is 0 Å². The lowest BCUT2D eigenvalue weighted by Crippen LogP contribution is -2.00. The summed E-state index contributed by atoms with van der Waals surface area (Å²) in [6.45, 7) is 0. The molecule has 0 amide bonds. The van der Waals surface area contributed by atoms with E-state index in [9.17, 15) is 0 Å². The molecule has 0 N–H and O–H groups in total. The van der Waals surface area contributed by atoms with Crippen molar-refractivity contribution in [3.05, 3.63) is 182 Å². The van der Waals surface area contributed by atoms with E-state index in [4.69, 9.17) is 19.4 Å². The van der Waals surface area contributed by atoms with Crippen LogP contribution in [0.5, 0.6) is 0 Å². The molecular formula is C49H30N4O. The summed E-state index contributed by atoms with van der Waals surface area (Å²) in [5.41, 5.74) is 10.1. The summed E-state index contributed by atoms with van der Waals surface area (Å²) >= 11 is 0. The van der Waals surface area contributed by atoms with Gasteiger partial charge in [-0.1, -0.05) is 146 Å². The molecule has 0 fully saturated rings. The molecule has 3 heterocycles. The van der Waals surface area contributed by atoms with Crippen molar-refractivity contribution in [2.45, 2.75) is 0 Å². The monoisotopic (exact) mass is 690 g/mol. The molecule has 0 aliphatic rings. The zero-order chi connectivity index (χ0) is 35.6. The molecule has 0 aliphatic carbocycles. The summed E-state index contributed by atoms with van der Waals surface area (Å²) in [6, 6.07) is 63.2. The molecule has 8 aromatic carbocycles. The third-order valence-electron chi connectivity index (χ3n) is 10.5. The maximum Gasteiger partial charge on any atom is 0.164 e. The van der Waals surface area contributed by atoms with Crippen LogP contribution in [0.4, 0.5) is 0 Å². The summed E-state index contributed by atoms with van der Waals surface area (Å²) in [7, 11) is 0. The first-order chi connectivity index (χ1) is 26.8. The van der Waals surface area contributed by atoms with E-state index in [2.05, 4.69) is 138 Å². The Kier molecular flexibility index (Phi) is 6.79. The summed E-state index contributed by atoms with van der Waals surface area (Å²) in [4.78, 5) is 15.2. The minimum Gasteiger partial charge on any atom is -0.455 e. The van der Waals surface area contributed by atoms with Gasteiger partial charge in [-0.15, -0.1) is 0 Å². The largest absolute Gasteiger partial charge is 0.455 e. The van der Waals surface area contributed by atoms with Gasteiger partial charge >= 0.3 is 0 Å². The van der Waals surface area contributed by atoms with E-state index in [0.717, 1.165) is 77.2 Å². The Balaban J connectivity index is 1.06. The minimum absolute atomic E-state index is 0.617. The molecule has 0 radical (unpaired) electrons. The van der Waals surface area contributed by atoms with Crippen LogP contribution in [0.25, 0.3) is 105 Å². The average molecular weight is 691 g/mol. The van der Waals surface area contributed by atoms with Crippen LogP contribution in [-0.2, 0) is 0 Å². The third-order valence-corrected chi connectivity index (χ3v) is 10.5. The molecule has 0 spiro atoms. The smallest absolute Gasteiger partial charge is 0.164 e. The fraction of sp³-hybridized carbons (Fsp3) is 0. The van der Waals surface area contributed by atoms with Gasteiger partial charge in [0, 0.05) is 49.3 Å². The molecule has 3 aromatic heterocycles. The van der Waals surface area contributed by atoms with Crippen LogP contribution in [0.2, 0.25) is 0 Å². The fourth-order valence-electron chi connectivity index (χ4n) is 7.91. The number of furan rings is 1. The quantitative estimate of drug-likeness (QED) is 0.180. The number of nitrogens with zero attached hydrogens (tertiary/aromatic N) is 4. The second kappa shape index (κ2) is 12.1. The molecule has 0 unspecified atom stereocenters. The molecule has 11 aromatic rings. The fourth-order valence-corrected chi connectivity index (χ4v) is 7.91. The molecule has 0 saturated carbocycles. The Hall–Kier alpha value is -7.37. The van der Waals surface area contributed by atoms with Gasteiger partial charge in [0.15, 0.2) is 17.5 Å². The normalized spacial score (nSPS) is 11.7. The van der Waals surface area contributed by atoms with E-state index in [1.165, 1.54) is 10.8 Å². The molecule has 0 bridgehead atoms. The van der Waals surface area contributed by atoms with Crippen molar-refractivity contribution in [2.24, 2.45) is 0 Å². The van der Waals surface area contributed by atoms with Crippen molar-refractivity contribution in [2.75, 3.05) is 0 Å². The van der Waals surface area contributed by atoms with Crippen molar-refractivity contribution in [1.29, 1.82) is 0 Å². The summed E-state index contributed by atoms with van der Waals surface area (Å²) in [6.07, 6.45) is 0. The second-order valence-corrected chi connectivity index (χ2v) is 13.6. The molecule has 0 aliphatic heterocycles. The second-order valence-electron chi connectivity index (χ2n) is 13.6. The third kappa shape index (κ3) is 4.83. The van der Waals surface area contributed by atoms with Crippen LogP contribution in [0.15, 0.2) is 186 Å². The standard InChI is InChI=1S/C49H30N4O/c1-3-12-33(13-4-1)47-50-48(52-49(51-47)35-27-28-39-38-17-7-9-20-42(38)53(43(39)30-35)36-15-5-2-6-16-36)34-24-22-31(23-25-34)37-19-11-14-32-26-29-41-40-18-8-10-21-44(40)54-46(41)45(32)37/h1-30H. The zero-order valence-corrected chi connectivity index (χ0v) is 29.0. The highest BCUT2D eigenvalue weighted by Crippen LogP contribution is 2.40. The van der Waals surface area contributed by atoms with E-state index in [0.29, 0.717) is 17.5 Å². The lowest BCUT2D eigenvalue weighted by atomic mass is 9.95. The number of aromatic nitrogens is 4. The highest BCUT2D eigenvalue weighted by Gasteiger charge is 2.18. The molecule has 5 heteroatoms. The summed E-state index contributed by atoms with van der Waals surface area (Å²) in [5, 5.41) is 6.88. The van der Waals surface area contributed by atoms with Crippen LogP contribution >= 0.6 is 0 Å². The van der Waals surface area contributed by atoms with Gasteiger partial charge in [-0.25, -0.2) is 15.0 Å². The van der Waals surface area contributed by atoms with Gasteiger partial charge in [-0.05, 0) is 52.9 Å². The first kappa shape index (κ1) is 30.3. The van der Waals surface area contributed by atoms with Crippen molar-refractivity contribution in [3.63, 3.8) is 0 Å². The molecule has 11 rings (SSSR count). The Morgan fingerprint density at radius 1 is 0.389 bits per heavy atom. The van der Waals surface area contributed by atoms with Crippen molar-refractivity contribution in [1.82, 2.24) is 19.5 Å². The number of benzene rings is 8. The maximum absolute atomic E-state index is 6.48. The van der Waals surface area contributed by atoms with E-state index in [-0.39, 0.29) is 0 Å². The topological polar surface area (TPSA) is 56.7 Å². The molecular weight excluding hydrogens is 661 g/mol. The van der Waals surface area contributed by atoms with Crippen LogP contribution in [-0.4, -0.2) is 19.5 Å². The lowest BCUT2D eigenvalue weighted by Gasteiger charge is -2.11. The maximum atomic E-state index is 6.48. The minimum atomic E-state index is 0.617. The predicted octanol–water partition coefficient (Wildman–Crippen LogP) is 12.7. The molecule has 5 nitrogen and oxygen atoms in total. The first-order valence-corrected chi connectivity index (χ1v) is 18.1. The van der Waals surface area contributed by atoms with Gasteiger partial charge in [0.25, 0.3) is 0 Å². The van der Waals surface area contributed by atoms with Gasteiger partial charge in [0.05, 0.1) is 11.0 Å². The van der Waals surface area contributed by atoms with Gasteiger partial charge in [0.2, 0.25) is 0 Å². The number of rotatable bonds is 5. The van der Waals surface area contributed by atoms with Crippen LogP contribution in [0.3, 0.4) is 0 Å². The number of fused-ring (bicyclic) bond motifs is 8. The van der Waals surface area contributed by atoms with Crippen molar-refractivity contribution >= 4 is 54.5 Å². The van der Waals surface area contributed by atoms with Gasteiger partial charge in [-0.3, -0.25) is 0 Å². The summed E-state index contributed by atoms with van der Waals surface area (Å²) < 4.78 is 8.80.